The number of halogens is 1. The normalized spacial score (nSPS) is 22.4. The summed E-state index contributed by atoms with van der Waals surface area (Å²) in [6.07, 6.45) is 14.6. The highest BCUT2D eigenvalue weighted by Gasteiger charge is 2.21. The van der Waals surface area contributed by atoms with Gasteiger partial charge in [0.1, 0.15) is 0 Å². The zero-order valence-corrected chi connectivity index (χ0v) is 13.0. The van der Waals surface area contributed by atoms with Gasteiger partial charge in [0.25, 0.3) is 0 Å². The first-order chi connectivity index (χ1) is 8.24. The Hall–Kier alpha value is -0.310. The van der Waals surface area contributed by atoms with Crippen LogP contribution in [-0.4, -0.2) is 0 Å². The molecule has 0 aliphatic heterocycles. The van der Waals surface area contributed by atoms with E-state index < -0.39 is 0 Å². The smallest absolute Gasteiger partial charge is 0.0237 e. The van der Waals surface area contributed by atoms with Crippen LogP contribution in [0.3, 0.4) is 0 Å². The molecule has 2 aliphatic rings. The molecule has 0 N–H and O–H groups in total. The lowest BCUT2D eigenvalue weighted by Crippen LogP contribution is -2.06. The van der Waals surface area contributed by atoms with E-state index in [1.165, 1.54) is 47.7 Å². The summed E-state index contributed by atoms with van der Waals surface area (Å²) in [6, 6.07) is 0. The molecule has 2 aliphatic carbocycles. The summed E-state index contributed by atoms with van der Waals surface area (Å²) in [7, 11) is 0. The Labute approximate surface area is 119 Å². The molecule has 0 atom stereocenters. The average molecular weight is 340 g/mol. The highest BCUT2D eigenvalue weighted by atomic mass is 127. The van der Waals surface area contributed by atoms with Crippen LogP contribution >= 0.6 is 22.6 Å². The number of hydrogen-bond donors (Lipinski definition) is 0. The summed E-state index contributed by atoms with van der Waals surface area (Å²) >= 11 is 2.54. The highest BCUT2D eigenvalue weighted by Crippen LogP contribution is 2.41. The lowest BCUT2D eigenvalue weighted by atomic mass is 9.83. The largest absolute Gasteiger partial charge is 0.0836 e. The van der Waals surface area contributed by atoms with Gasteiger partial charge in [0.15, 0.2) is 0 Å². The molecule has 17 heavy (non-hydrogen) atoms. The molecule has 0 radical (unpaired) electrons. The van der Waals surface area contributed by atoms with Gasteiger partial charge in [-0.25, -0.2) is 0 Å². The molecule has 92 valence electrons. The van der Waals surface area contributed by atoms with Gasteiger partial charge in [-0.15, -0.1) is 0 Å². The summed E-state index contributed by atoms with van der Waals surface area (Å²) in [5.74, 6) is 0. The van der Waals surface area contributed by atoms with Crippen LogP contribution in [0.25, 0.3) is 0 Å². The van der Waals surface area contributed by atoms with Gasteiger partial charge in [-0.3, -0.25) is 0 Å². The fourth-order valence-electron chi connectivity index (χ4n) is 2.60. The van der Waals surface area contributed by atoms with Crippen LogP contribution in [-0.2, 0) is 0 Å². The third-order valence-corrected chi connectivity index (χ3v) is 4.88. The van der Waals surface area contributed by atoms with E-state index in [0.29, 0.717) is 0 Å². The number of fused-ring (bicyclic) bond motifs is 1. The van der Waals surface area contributed by atoms with E-state index >= 15 is 0 Å². The van der Waals surface area contributed by atoms with Crippen LogP contribution in [0.1, 0.15) is 52.4 Å². The van der Waals surface area contributed by atoms with E-state index in [1.54, 1.807) is 16.7 Å². The minimum atomic E-state index is 1.18. The molecule has 1 heteroatoms. The fourth-order valence-corrected chi connectivity index (χ4v) is 3.51. The second-order valence-corrected chi connectivity index (χ2v) is 6.05. The van der Waals surface area contributed by atoms with E-state index in [-0.39, 0.29) is 0 Å². The maximum absolute atomic E-state index is 2.54. The summed E-state index contributed by atoms with van der Waals surface area (Å²) in [5.41, 5.74) is 6.27. The molecular formula is C16H21I. The van der Waals surface area contributed by atoms with Gasteiger partial charge in [-0.05, 0) is 71.9 Å². The molecule has 0 fully saturated rings. The van der Waals surface area contributed by atoms with Gasteiger partial charge in [0.2, 0.25) is 0 Å². The molecule has 0 nitrogen and oxygen atoms in total. The SMILES string of the molecule is CCCC/C=C1\CC(C)=C2CCC=CC2=C1I. The topological polar surface area (TPSA) is 0 Å². The molecule has 0 heterocycles. The Morgan fingerprint density at radius 2 is 2.24 bits per heavy atom. The van der Waals surface area contributed by atoms with Crippen molar-refractivity contribution >= 4 is 22.6 Å². The Morgan fingerprint density at radius 3 is 3.00 bits per heavy atom. The van der Waals surface area contributed by atoms with Crippen LogP contribution in [0.5, 0.6) is 0 Å². The predicted molar refractivity (Wildman–Crippen MR) is 84.3 cm³/mol. The van der Waals surface area contributed by atoms with Gasteiger partial charge in [0, 0.05) is 3.58 Å². The molecule has 0 saturated heterocycles. The molecule has 0 bridgehead atoms. The predicted octanol–water partition coefficient (Wildman–Crippen LogP) is 5.86. The first kappa shape index (κ1) is 13.1. The third-order valence-electron chi connectivity index (χ3n) is 3.61. The minimum absolute atomic E-state index is 1.18. The zero-order chi connectivity index (χ0) is 12.3. The van der Waals surface area contributed by atoms with E-state index in [0.717, 1.165) is 0 Å². The van der Waals surface area contributed by atoms with Gasteiger partial charge >= 0.3 is 0 Å². The highest BCUT2D eigenvalue weighted by molar-refractivity contribution is 14.1. The summed E-state index contributed by atoms with van der Waals surface area (Å²) < 4.78 is 1.50. The maximum atomic E-state index is 2.54. The minimum Gasteiger partial charge on any atom is -0.0836 e. The van der Waals surface area contributed by atoms with Crippen molar-refractivity contribution in [2.75, 3.05) is 0 Å². The Balaban J connectivity index is 2.28. The van der Waals surface area contributed by atoms with Crippen molar-refractivity contribution in [2.45, 2.75) is 52.4 Å². The molecule has 0 aromatic carbocycles. The second kappa shape index (κ2) is 6.03. The molecule has 0 spiro atoms. The van der Waals surface area contributed by atoms with E-state index in [4.69, 9.17) is 0 Å². The van der Waals surface area contributed by atoms with Crippen molar-refractivity contribution in [3.05, 3.63) is 44.1 Å². The number of rotatable bonds is 3. The van der Waals surface area contributed by atoms with E-state index in [2.05, 4.69) is 54.7 Å². The van der Waals surface area contributed by atoms with Gasteiger partial charge < -0.3 is 0 Å². The van der Waals surface area contributed by atoms with Crippen molar-refractivity contribution < 1.29 is 0 Å². The molecule has 0 amide bonds. The summed E-state index contributed by atoms with van der Waals surface area (Å²) in [6.45, 7) is 4.57. The Morgan fingerprint density at radius 1 is 1.41 bits per heavy atom. The monoisotopic (exact) mass is 340 g/mol. The Kier molecular flexibility index (Phi) is 4.66. The first-order valence-corrected chi connectivity index (χ1v) is 7.76. The Bertz CT molecular complexity index is 419. The number of hydrogen-bond acceptors (Lipinski definition) is 0. The van der Waals surface area contributed by atoms with Crippen LogP contribution in [0.15, 0.2) is 44.1 Å². The number of unbranched alkanes of at least 4 members (excludes halogenated alkanes) is 2. The lowest BCUT2D eigenvalue weighted by Gasteiger charge is -2.25. The van der Waals surface area contributed by atoms with Crippen LogP contribution in [0.4, 0.5) is 0 Å². The van der Waals surface area contributed by atoms with Crippen molar-refractivity contribution in [1.82, 2.24) is 0 Å². The van der Waals surface area contributed by atoms with Gasteiger partial charge in [-0.2, -0.15) is 0 Å². The molecule has 0 aromatic rings. The molecular weight excluding hydrogens is 319 g/mol. The quantitative estimate of drug-likeness (QED) is 0.446. The van der Waals surface area contributed by atoms with Crippen molar-refractivity contribution in [2.24, 2.45) is 0 Å². The van der Waals surface area contributed by atoms with Crippen molar-refractivity contribution in [3.63, 3.8) is 0 Å². The summed E-state index contributed by atoms with van der Waals surface area (Å²) in [4.78, 5) is 0. The number of allylic oxidation sites excluding steroid dienone is 8. The molecule has 0 aromatic heterocycles. The standard InChI is InChI=1S/C16H21I/c1-3-4-5-8-13-11-12(2)14-9-6-7-10-15(14)16(13)17/h7-8,10H,3-6,9,11H2,1-2H3/b13-8+. The third kappa shape index (κ3) is 2.93. The first-order valence-electron chi connectivity index (χ1n) is 6.68. The summed E-state index contributed by atoms with van der Waals surface area (Å²) in [5, 5.41) is 0. The van der Waals surface area contributed by atoms with Crippen LogP contribution < -0.4 is 0 Å². The van der Waals surface area contributed by atoms with Crippen LogP contribution in [0.2, 0.25) is 0 Å². The van der Waals surface area contributed by atoms with Gasteiger partial charge in [-0.1, -0.05) is 43.6 Å². The fraction of sp³-hybridized carbons (Fsp3) is 0.500. The average Bonchev–Trinajstić information content (AvgIpc) is 2.36. The second-order valence-electron chi connectivity index (χ2n) is 4.98. The lowest BCUT2D eigenvalue weighted by molar-refractivity contribution is 0.808. The van der Waals surface area contributed by atoms with E-state index in [9.17, 15) is 0 Å². The van der Waals surface area contributed by atoms with Crippen molar-refractivity contribution in [3.8, 4) is 0 Å². The van der Waals surface area contributed by atoms with Crippen LogP contribution in [0, 0.1) is 0 Å². The molecule has 0 saturated carbocycles. The van der Waals surface area contributed by atoms with Gasteiger partial charge in [0.05, 0.1) is 0 Å². The molecule has 2 rings (SSSR count). The molecule has 0 unspecified atom stereocenters. The van der Waals surface area contributed by atoms with Crippen molar-refractivity contribution in [1.29, 1.82) is 0 Å². The van der Waals surface area contributed by atoms with E-state index in [1.807, 2.05) is 0 Å². The zero-order valence-electron chi connectivity index (χ0n) is 10.9. The maximum Gasteiger partial charge on any atom is 0.0237 e.